The van der Waals surface area contributed by atoms with Gasteiger partial charge in [0.2, 0.25) is 0 Å². The number of alkyl halides is 3. The number of aryl methyl sites for hydroxylation is 2. The van der Waals surface area contributed by atoms with E-state index in [4.69, 9.17) is 11.6 Å². The SMILES string of the molecule is Cc1ccc(-c2cccc(-c3nc(-c4ccc(C)nc4)cc(C(F)(F)F)n3)c2)c(Cl)c1. The van der Waals surface area contributed by atoms with Crippen molar-refractivity contribution in [3.63, 3.8) is 0 Å². The highest BCUT2D eigenvalue weighted by atomic mass is 35.5. The van der Waals surface area contributed by atoms with E-state index in [1.807, 2.05) is 31.2 Å². The predicted molar refractivity (Wildman–Crippen MR) is 116 cm³/mol. The van der Waals surface area contributed by atoms with Gasteiger partial charge in [0.1, 0.15) is 5.69 Å². The van der Waals surface area contributed by atoms with Gasteiger partial charge in [0.15, 0.2) is 5.82 Å². The minimum absolute atomic E-state index is 0.0181. The first-order valence-electron chi connectivity index (χ1n) is 9.47. The molecule has 0 saturated carbocycles. The molecule has 4 aromatic rings. The van der Waals surface area contributed by atoms with E-state index in [2.05, 4.69) is 15.0 Å². The van der Waals surface area contributed by atoms with Crippen LogP contribution < -0.4 is 0 Å². The van der Waals surface area contributed by atoms with Gasteiger partial charge in [-0.25, -0.2) is 9.97 Å². The van der Waals surface area contributed by atoms with Crippen LogP contribution in [0.3, 0.4) is 0 Å². The van der Waals surface area contributed by atoms with Gasteiger partial charge < -0.3 is 0 Å². The largest absolute Gasteiger partial charge is 0.433 e. The Balaban J connectivity index is 1.85. The van der Waals surface area contributed by atoms with Crippen molar-refractivity contribution >= 4 is 11.6 Å². The van der Waals surface area contributed by atoms with E-state index in [1.165, 1.54) is 6.20 Å². The summed E-state index contributed by atoms with van der Waals surface area (Å²) in [7, 11) is 0. The number of aromatic nitrogens is 3. The minimum atomic E-state index is -4.61. The molecule has 0 aliphatic heterocycles. The average Bonchev–Trinajstić information content (AvgIpc) is 2.73. The van der Waals surface area contributed by atoms with Crippen LogP contribution in [0.1, 0.15) is 17.0 Å². The van der Waals surface area contributed by atoms with Crippen molar-refractivity contribution in [3.8, 4) is 33.8 Å². The third-order valence-corrected chi connectivity index (χ3v) is 5.09. The second kappa shape index (κ2) is 8.12. The molecule has 0 radical (unpaired) electrons. The Morgan fingerprint density at radius 2 is 1.58 bits per heavy atom. The van der Waals surface area contributed by atoms with Crippen LogP contribution in [0.2, 0.25) is 5.02 Å². The Morgan fingerprint density at radius 3 is 2.26 bits per heavy atom. The molecule has 156 valence electrons. The first-order valence-corrected chi connectivity index (χ1v) is 9.85. The molecule has 0 saturated heterocycles. The molecule has 2 heterocycles. The lowest BCUT2D eigenvalue weighted by atomic mass is 10.0. The molecule has 0 bridgehead atoms. The fraction of sp³-hybridized carbons (Fsp3) is 0.125. The average molecular weight is 440 g/mol. The maximum absolute atomic E-state index is 13.6. The van der Waals surface area contributed by atoms with Gasteiger partial charge in [-0.05, 0) is 55.3 Å². The van der Waals surface area contributed by atoms with Crippen molar-refractivity contribution in [1.82, 2.24) is 15.0 Å². The van der Waals surface area contributed by atoms with Gasteiger partial charge in [0.05, 0.1) is 5.69 Å². The molecule has 0 atom stereocenters. The third-order valence-electron chi connectivity index (χ3n) is 4.78. The van der Waals surface area contributed by atoms with E-state index in [1.54, 1.807) is 37.3 Å². The number of benzene rings is 2. The highest BCUT2D eigenvalue weighted by Crippen LogP contribution is 2.34. The van der Waals surface area contributed by atoms with Gasteiger partial charge >= 0.3 is 6.18 Å². The molecular formula is C24H17ClF3N3. The molecule has 0 spiro atoms. The number of nitrogens with zero attached hydrogens (tertiary/aromatic N) is 3. The monoisotopic (exact) mass is 439 g/mol. The zero-order valence-corrected chi connectivity index (χ0v) is 17.5. The first kappa shape index (κ1) is 21.0. The predicted octanol–water partition coefficient (Wildman–Crippen LogP) is 7.16. The second-order valence-electron chi connectivity index (χ2n) is 7.21. The molecule has 0 aliphatic rings. The maximum Gasteiger partial charge on any atom is 0.433 e. The molecule has 2 aromatic heterocycles. The van der Waals surface area contributed by atoms with Crippen LogP contribution in [0.25, 0.3) is 33.8 Å². The van der Waals surface area contributed by atoms with Crippen molar-refractivity contribution in [2.45, 2.75) is 20.0 Å². The van der Waals surface area contributed by atoms with Gasteiger partial charge in [-0.15, -0.1) is 0 Å². The summed E-state index contributed by atoms with van der Waals surface area (Å²) in [5.41, 5.74) is 3.42. The van der Waals surface area contributed by atoms with Gasteiger partial charge in [-0.1, -0.05) is 41.9 Å². The number of hydrogen-bond donors (Lipinski definition) is 0. The zero-order valence-electron chi connectivity index (χ0n) is 16.7. The fourth-order valence-corrected chi connectivity index (χ4v) is 3.51. The van der Waals surface area contributed by atoms with E-state index in [9.17, 15) is 13.2 Å². The summed E-state index contributed by atoms with van der Waals surface area (Å²) in [6.07, 6.45) is -3.10. The van der Waals surface area contributed by atoms with Crippen LogP contribution in [-0.4, -0.2) is 15.0 Å². The zero-order chi connectivity index (χ0) is 22.2. The molecule has 4 rings (SSSR count). The van der Waals surface area contributed by atoms with Gasteiger partial charge in [0, 0.05) is 33.6 Å². The summed E-state index contributed by atoms with van der Waals surface area (Å²) >= 11 is 6.38. The van der Waals surface area contributed by atoms with Gasteiger partial charge in [0.25, 0.3) is 0 Å². The molecule has 0 amide bonds. The minimum Gasteiger partial charge on any atom is -0.261 e. The topological polar surface area (TPSA) is 38.7 Å². The molecule has 7 heteroatoms. The van der Waals surface area contributed by atoms with Crippen LogP contribution in [0.15, 0.2) is 66.9 Å². The summed E-state index contributed by atoms with van der Waals surface area (Å²) in [6, 6.07) is 17.0. The van der Waals surface area contributed by atoms with Crippen molar-refractivity contribution in [3.05, 3.63) is 88.8 Å². The van der Waals surface area contributed by atoms with Crippen LogP contribution in [-0.2, 0) is 6.18 Å². The van der Waals surface area contributed by atoms with E-state index in [-0.39, 0.29) is 11.5 Å². The van der Waals surface area contributed by atoms with Gasteiger partial charge in [-0.3, -0.25) is 4.98 Å². The van der Waals surface area contributed by atoms with Crippen molar-refractivity contribution in [1.29, 1.82) is 0 Å². The Hall–Kier alpha value is -3.25. The Labute approximate surface area is 182 Å². The molecule has 0 aliphatic carbocycles. The standard InChI is InChI=1S/C24H17ClF3N3/c1-14-6-9-19(20(25)10-14)16-4-3-5-17(11-16)23-30-21(12-22(31-23)24(26,27)28)18-8-7-15(2)29-13-18/h3-13H,1-2H3. The third kappa shape index (κ3) is 4.59. The number of rotatable bonds is 3. The summed E-state index contributed by atoms with van der Waals surface area (Å²) in [4.78, 5) is 12.4. The lowest BCUT2D eigenvalue weighted by molar-refractivity contribution is -0.141. The molecular weight excluding hydrogens is 423 g/mol. The summed E-state index contributed by atoms with van der Waals surface area (Å²) in [5.74, 6) is -0.0181. The van der Waals surface area contributed by atoms with Crippen LogP contribution >= 0.6 is 11.6 Å². The van der Waals surface area contributed by atoms with Crippen LogP contribution in [0.5, 0.6) is 0 Å². The smallest absolute Gasteiger partial charge is 0.261 e. The molecule has 0 fully saturated rings. The lowest BCUT2D eigenvalue weighted by Gasteiger charge is -2.12. The van der Waals surface area contributed by atoms with Crippen LogP contribution in [0, 0.1) is 13.8 Å². The second-order valence-corrected chi connectivity index (χ2v) is 7.62. The highest BCUT2D eigenvalue weighted by molar-refractivity contribution is 6.33. The number of pyridine rings is 1. The Kier molecular flexibility index (Phi) is 5.50. The Morgan fingerprint density at radius 1 is 0.806 bits per heavy atom. The summed E-state index contributed by atoms with van der Waals surface area (Å²) in [6.45, 7) is 3.74. The van der Waals surface area contributed by atoms with Crippen LogP contribution in [0.4, 0.5) is 13.2 Å². The molecule has 0 N–H and O–H groups in total. The molecule has 3 nitrogen and oxygen atoms in total. The van der Waals surface area contributed by atoms with E-state index >= 15 is 0 Å². The van der Waals surface area contributed by atoms with Crippen molar-refractivity contribution in [2.75, 3.05) is 0 Å². The number of hydrogen-bond acceptors (Lipinski definition) is 3. The molecule has 2 aromatic carbocycles. The van der Waals surface area contributed by atoms with Crippen molar-refractivity contribution < 1.29 is 13.2 Å². The lowest BCUT2D eigenvalue weighted by Crippen LogP contribution is -2.10. The molecule has 31 heavy (non-hydrogen) atoms. The Bertz CT molecular complexity index is 1250. The first-order chi connectivity index (χ1) is 14.7. The van der Waals surface area contributed by atoms with E-state index in [0.717, 1.165) is 28.5 Å². The summed E-state index contributed by atoms with van der Waals surface area (Å²) in [5, 5.41) is 0.563. The summed E-state index contributed by atoms with van der Waals surface area (Å²) < 4.78 is 40.7. The van der Waals surface area contributed by atoms with E-state index < -0.39 is 11.9 Å². The molecule has 0 unspecified atom stereocenters. The van der Waals surface area contributed by atoms with Crippen molar-refractivity contribution in [2.24, 2.45) is 0 Å². The fourth-order valence-electron chi connectivity index (χ4n) is 3.17. The number of halogens is 4. The maximum atomic E-state index is 13.6. The highest BCUT2D eigenvalue weighted by Gasteiger charge is 2.34. The normalized spacial score (nSPS) is 11.5. The quantitative estimate of drug-likeness (QED) is 0.340. The van der Waals surface area contributed by atoms with E-state index in [0.29, 0.717) is 16.1 Å². The van der Waals surface area contributed by atoms with Gasteiger partial charge in [-0.2, -0.15) is 13.2 Å².